The lowest BCUT2D eigenvalue weighted by atomic mass is 10.2. The Balaban J connectivity index is 1.88. The van der Waals surface area contributed by atoms with Crippen LogP contribution in [0.2, 0.25) is 0 Å². The minimum atomic E-state index is 0.630. The Hall–Kier alpha value is -0.380. The van der Waals surface area contributed by atoms with Crippen molar-refractivity contribution in [1.82, 2.24) is 9.80 Å². The molecule has 2 fully saturated rings. The lowest BCUT2D eigenvalue weighted by Crippen LogP contribution is -2.37. The third kappa shape index (κ3) is 2.80. The van der Waals surface area contributed by atoms with Crippen LogP contribution in [0.3, 0.4) is 0 Å². The Bertz CT molecular complexity index is 227. The Morgan fingerprint density at radius 3 is 2.87 bits per heavy atom. The van der Waals surface area contributed by atoms with Crippen molar-refractivity contribution in [2.24, 2.45) is 5.73 Å². The Morgan fingerprint density at radius 2 is 2.07 bits per heavy atom. The van der Waals surface area contributed by atoms with E-state index in [4.69, 9.17) is 5.73 Å². The molecule has 3 nitrogen and oxygen atoms in total. The zero-order valence-electron chi connectivity index (χ0n) is 9.62. The lowest BCUT2D eigenvalue weighted by molar-refractivity contribution is 0.229. The molecule has 0 aliphatic carbocycles. The summed E-state index contributed by atoms with van der Waals surface area (Å²) in [6.07, 6.45) is 4.07. The van der Waals surface area contributed by atoms with Crippen molar-refractivity contribution in [2.75, 3.05) is 39.3 Å². The maximum atomic E-state index is 5.60. The molecule has 0 bridgehead atoms. The predicted molar refractivity (Wildman–Crippen MR) is 63.8 cm³/mol. The van der Waals surface area contributed by atoms with Crippen molar-refractivity contribution >= 4 is 0 Å². The van der Waals surface area contributed by atoms with Crippen LogP contribution < -0.4 is 5.73 Å². The van der Waals surface area contributed by atoms with Crippen LogP contribution in [-0.4, -0.2) is 55.1 Å². The second kappa shape index (κ2) is 5.10. The second-order valence-electron chi connectivity index (χ2n) is 4.87. The van der Waals surface area contributed by atoms with Crippen LogP contribution in [-0.2, 0) is 0 Å². The Labute approximate surface area is 92.9 Å². The molecule has 1 atom stereocenters. The summed E-state index contributed by atoms with van der Waals surface area (Å²) in [4.78, 5) is 5.19. The van der Waals surface area contributed by atoms with E-state index in [-0.39, 0.29) is 0 Å². The van der Waals surface area contributed by atoms with Gasteiger partial charge in [-0.1, -0.05) is 6.58 Å². The fraction of sp³-hybridized carbons (Fsp3) is 0.833. The molecule has 1 unspecified atom stereocenters. The zero-order chi connectivity index (χ0) is 10.7. The van der Waals surface area contributed by atoms with E-state index in [9.17, 15) is 0 Å². The van der Waals surface area contributed by atoms with E-state index in [0.29, 0.717) is 6.54 Å². The summed E-state index contributed by atoms with van der Waals surface area (Å²) in [5.74, 6) is 0. The summed E-state index contributed by atoms with van der Waals surface area (Å²) in [6, 6.07) is 0.804. The second-order valence-corrected chi connectivity index (χ2v) is 4.87. The molecule has 0 aromatic heterocycles. The lowest BCUT2D eigenvalue weighted by Gasteiger charge is -2.25. The van der Waals surface area contributed by atoms with E-state index in [1.165, 1.54) is 51.0 Å². The van der Waals surface area contributed by atoms with Gasteiger partial charge in [-0.3, -0.25) is 9.80 Å². The van der Waals surface area contributed by atoms with Crippen LogP contribution in [0.1, 0.15) is 19.3 Å². The fourth-order valence-corrected chi connectivity index (χ4v) is 2.81. The maximum absolute atomic E-state index is 5.60. The normalized spacial score (nSPS) is 28.7. The van der Waals surface area contributed by atoms with Gasteiger partial charge in [0.25, 0.3) is 0 Å². The number of rotatable bonds is 3. The first-order valence-corrected chi connectivity index (χ1v) is 6.12. The van der Waals surface area contributed by atoms with E-state index in [1.807, 2.05) is 0 Å². The summed E-state index contributed by atoms with van der Waals surface area (Å²) in [5, 5.41) is 0. The number of nitrogens with two attached hydrogens (primary N) is 1. The zero-order valence-corrected chi connectivity index (χ0v) is 9.62. The highest BCUT2D eigenvalue weighted by atomic mass is 15.3. The number of hydrogen-bond acceptors (Lipinski definition) is 3. The van der Waals surface area contributed by atoms with E-state index < -0.39 is 0 Å². The van der Waals surface area contributed by atoms with Crippen LogP contribution in [0.15, 0.2) is 12.2 Å². The Kier molecular flexibility index (Phi) is 3.78. The molecule has 2 aliphatic rings. The van der Waals surface area contributed by atoms with E-state index in [0.717, 1.165) is 12.6 Å². The van der Waals surface area contributed by atoms with E-state index >= 15 is 0 Å². The minimum Gasteiger partial charge on any atom is -0.327 e. The van der Waals surface area contributed by atoms with Gasteiger partial charge in [0, 0.05) is 25.7 Å². The van der Waals surface area contributed by atoms with Crippen molar-refractivity contribution in [3.63, 3.8) is 0 Å². The first kappa shape index (κ1) is 11.1. The fourth-order valence-electron chi connectivity index (χ4n) is 2.81. The average Bonchev–Trinajstić information content (AvgIpc) is 2.58. The summed E-state index contributed by atoms with van der Waals surface area (Å²) in [6.45, 7) is 10.7. The molecule has 0 spiro atoms. The molecule has 2 heterocycles. The largest absolute Gasteiger partial charge is 0.327 e. The van der Waals surface area contributed by atoms with Gasteiger partial charge in [-0.15, -0.1) is 0 Å². The third-order valence-corrected chi connectivity index (χ3v) is 3.62. The highest BCUT2D eigenvalue weighted by molar-refractivity contribution is 5.00. The van der Waals surface area contributed by atoms with Gasteiger partial charge in [-0.05, 0) is 44.5 Å². The Morgan fingerprint density at radius 1 is 1.27 bits per heavy atom. The van der Waals surface area contributed by atoms with E-state index in [1.54, 1.807) is 0 Å². The van der Waals surface area contributed by atoms with Gasteiger partial charge >= 0.3 is 0 Å². The number of nitrogens with zero attached hydrogens (tertiary/aromatic N) is 2. The highest BCUT2D eigenvalue weighted by Crippen LogP contribution is 2.21. The molecule has 2 N–H and O–H groups in total. The molecule has 0 saturated carbocycles. The third-order valence-electron chi connectivity index (χ3n) is 3.62. The van der Waals surface area contributed by atoms with Gasteiger partial charge in [0.15, 0.2) is 0 Å². The molecule has 0 aromatic rings. The standard InChI is InChI=1S/C12H23N3/c1-11(8-13)9-14-5-3-7-15-6-2-4-12(15)10-14/h12H,1-10,13H2. The molecule has 2 saturated heterocycles. The van der Waals surface area contributed by atoms with Crippen molar-refractivity contribution in [3.05, 3.63) is 12.2 Å². The molecular weight excluding hydrogens is 186 g/mol. The summed E-state index contributed by atoms with van der Waals surface area (Å²) >= 11 is 0. The quantitative estimate of drug-likeness (QED) is 0.694. The molecule has 2 rings (SSSR count). The topological polar surface area (TPSA) is 32.5 Å². The van der Waals surface area contributed by atoms with Crippen LogP contribution in [0.5, 0.6) is 0 Å². The highest BCUT2D eigenvalue weighted by Gasteiger charge is 2.28. The van der Waals surface area contributed by atoms with Crippen molar-refractivity contribution in [2.45, 2.75) is 25.3 Å². The first-order chi connectivity index (χ1) is 7.29. The molecule has 0 radical (unpaired) electrons. The van der Waals surface area contributed by atoms with Crippen LogP contribution in [0.25, 0.3) is 0 Å². The van der Waals surface area contributed by atoms with E-state index in [2.05, 4.69) is 16.4 Å². The number of hydrogen-bond donors (Lipinski definition) is 1. The average molecular weight is 209 g/mol. The maximum Gasteiger partial charge on any atom is 0.0223 e. The van der Waals surface area contributed by atoms with Crippen LogP contribution in [0.4, 0.5) is 0 Å². The van der Waals surface area contributed by atoms with Crippen molar-refractivity contribution < 1.29 is 0 Å². The van der Waals surface area contributed by atoms with Gasteiger partial charge in [0.05, 0.1) is 0 Å². The van der Waals surface area contributed by atoms with Crippen LogP contribution >= 0.6 is 0 Å². The molecule has 3 heteroatoms. The van der Waals surface area contributed by atoms with Gasteiger partial charge in [-0.2, -0.15) is 0 Å². The predicted octanol–water partition coefficient (Wildman–Crippen LogP) is 0.671. The van der Waals surface area contributed by atoms with Crippen LogP contribution in [0, 0.1) is 0 Å². The summed E-state index contributed by atoms with van der Waals surface area (Å²) in [7, 11) is 0. The van der Waals surface area contributed by atoms with Crippen molar-refractivity contribution in [1.29, 1.82) is 0 Å². The molecule has 0 aromatic carbocycles. The van der Waals surface area contributed by atoms with Gasteiger partial charge in [0.1, 0.15) is 0 Å². The monoisotopic (exact) mass is 209 g/mol. The molecule has 2 aliphatic heterocycles. The minimum absolute atomic E-state index is 0.630. The number of fused-ring (bicyclic) bond motifs is 1. The molecular formula is C12H23N3. The van der Waals surface area contributed by atoms with Gasteiger partial charge < -0.3 is 5.73 Å². The van der Waals surface area contributed by atoms with Gasteiger partial charge in [-0.25, -0.2) is 0 Å². The molecule has 15 heavy (non-hydrogen) atoms. The summed E-state index contributed by atoms with van der Waals surface area (Å²) < 4.78 is 0. The molecule has 0 amide bonds. The van der Waals surface area contributed by atoms with Crippen molar-refractivity contribution in [3.8, 4) is 0 Å². The van der Waals surface area contributed by atoms with Gasteiger partial charge in [0.2, 0.25) is 0 Å². The molecule has 86 valence electrons. The smallest absolute Gasteiger partial charge is 0.0223 e. The summed E-state index contributed by atoms with van der Waals surface area (Å²) in [5.41, 5.74) is 6.77. The first-order valence-electron chi connectivity index (χ1n) is 6.12. The SMILES string of the molecule is C=C(CN)CN1CCCN2CCCC2C1.